The highest BCUT2D eigenvalue weighted by Crippen LogP contribution is 2.21. The molecule has 0 aliphatic rings. The molecule has 0 fully saturated rings. The van der Waals surface area contributed by atoms with Crippen LogP contribution in [0.5, 0.6) is 0 Å². The lowest BCUT2D eigenvalue weighted by Gasteiger charge is -2.18. The van der Waals surface area contributed by atoms with Gasteiger partial charge in [0.1, 0.15) is 6.04 Å². The molecule has 0 aromatic heterocycles. The van der Waals surface area contributed by atoms with Crippen molar-refractivity contribution in [3.05, 3.63) is 33.9 Å². The largest absolute Gasteiger partial charge is 0.480 e. The molecular weight excluding hydrogens is 300 g/mol. The van der Waals surface area contributed by atoms with Crippen LogP contribution in [-0.4, -0.2) is 30.5 Å². The summed E-state index contributed by atoms with van der Waals surface area (Å²) in [6.45, 7) is 4.56. The lowest BCUT2D eigenvalue weighted by molar-refractivity contribution is -0.385. The number of hydrogen-bond acceptors (Lipinski definition) is 5. The second-order valence-corrected chi connectivity index (χ2v) is 6.57. The average molecular weight is 316 g/mol. The van der Waals surface area contributed by atoms with Gasteiger partial charge in [0.05, 0.1) is 9.82 Å². The number of nitrogens with one attached hydrogen (secondary N) is 1. The fraction of sp³-hybridized carbons (Fsp3) is 0.417. The second-order valence-electron chi connectivity index (χ2n) is 4.89. The molecule has 0 saturated heterocycles. The number of rotatable bonds is 6. The van der Waals surface area contributed by atoms with Crippen LogP contribution >= 0.6 is 0 Å². The van der Waals surface area contributed by atoms with Crippen molar-refractivity contribution >= 4 is 21.7 Å². The van der Waals surface area contributed by atoms with Crippen LogP contribution in [0.4, 0.5) is 5.69 Å². The third-order valence-corrected chi connectivity index (χ3v) is 4.48. The third kappa shape index (κ3) is 3.99. The summed E-state index contributed by atoms with van der Waals surface area (Å²) in [5.41, 5.74) is -0.0605. The molecule has 0 aliphatic carbocycles. The maximum Gasteiger partial charge on any atom is 0.322 e. The van der Waals surface area contributed by atoms with Gasteiger partial charge in [-0.25, -0.2) is 8.42 Å². The van der Waals surface area contributed by atoms with E-state index in [1.54, 1.807) is 13.8 Å². The van der Waals surface area contributed by atoms with Crippen LogP contribution in [0.3, 0.4) is 0 Å². The highest BCUT2D eigenvalue weighted by Gasteiger charge is 2.29. The minimum Gasteiger partial charge on any atom is -0.480 e. The summed E-state index contributed by atoms with van der Waals surface area (Å²) in [5, 5.41) is 19.7. The monoisotopic (exact) mass is 316 g/mol. The van der Waals surface area contributed by atoms with Crippen LogP contribution in [0.1, 0.15) is 19.4 Å². The first-order chi connectivity index (χ1) is 9.56. The van der Waals surface area contributed by atoms with Crippen LogP contribution in [0.15, 0.2) is 23.1 Å². The second kappa shape index (κ2) is 6.19. The number of aliphatic carboxylic acids is 1. The summed E-state index contributed by atoms with van der Waals surface area (Å²) in [5.74, 6) is -1.73. The summed E-state index contributed by atoms with van der Waals surface area (Å²) in [6, 6.07) is 2.01. The van der Waals surface area contributed by atoms with Gasteiger partial charge in [0, 0.05) is 12.1 Å². The minimum atomic E-state index is -4.08. The number of carboxylic acids is 1. The first-order valence-electron chi connectivity index (χ1n) is 6.06. The number of nitro benzene ring substituents is 1. The van der Waals surface area contributed by atoms with Crippen molar-refractivity contribution in [1.29, 1.82) is 0 Å². The molecule has 2 N–H and O–H groups in total. The molecule has 1 unspecified atom stereocenters. The van der Waals surface area contributed by atoms with Crippen LogP contribution in [0.2, 0.25) is 0 Å². The first-order valence-corrected chi connectivity index (χ1v) is 7.54. The number of carbonyl (C=O) groups is 1. The number of sulfonamides is 1. The Balaban J connectivity index is 3.19. The quantitative estimate of drug-likeness (QED) is 0.601. The van der Waals surface area contributed by atoms with Gasteiger partial charge in [-0.3, -0.25) is 14.9 Å². The number of aryl methyl sites for hydroxylation is 1. The Labute approximate surface area is 122 Å². The van der Waals surface area contributed by atoms with E-state index in [0.29, 0.717) is 0 Å². The molecule has 0 aliphatic heterocycles. The van der Waals surface area contributed by atoms with E-state index in [-0.39, 0.29) is 16.1 Å². The molecule has 116 valence electrons. The standard InChI is InChI=1S/C12H16N2O6S/c1-7(2)11(12(15)16)13-21(19,20)10-5-4-9(14(17)18)6-8(10)3/h4-7,11,13H,1-3H3,(H,15,16). The molecule has 0 heterocycles. The molecule has 21 heavy (non-hydrogen) atoms. The number of nitro groups is 1. The van der Waals surface area contributed by atoms with Gasteiger partial charge in [-0.1, -0.05) is 13.8 Å². The maximum absolute atomic E-state index is 12.2. The van der Waals surface area contributed by atoms with E-state index in [4.69, 9.17) is 5.11 Å². The molecule has 8 nitrogen and oxygen atoms in total. The molecule has 9 heteroatoms. The fourth-order valence-corrected chi connectivity index (χ4v) is 3.32. The van der Waals surface area contributed by atoms with Gasteiger partial charge in [-0.05, 0) is 24.5 Å². The number of hydrogen-bond donors (Lipinski definition) is 2. The maximum atomic E-state index is 12.2. The smallest absolute Gasteiger partial charge is 0.322 e. The average Bonchev–Trinajstić information content (AvgIpc) is 2.34. The van der Waals surface area contributed by atoms with E-state index in [2.05, 4.69) is 4.72 Å². The third-order valence-electron chi connectivity index (χ3n) is 2.87. The van der Waals surface area contributed by atoms with E-state index in [0.717, 1.165) is 18.2 Å². The molecule has 1 aromatic carbocycles. The van der Waals surface area contributed by atoms with Crippen LogP contribution in [0, 0.1) is 23.0 Å². The van der Waals surface area contributed by atoms with E-state index in [1.807, 2.05) is 0 Å². The van der Waals surface area contributed by atoms with Crippen molar-refractivity contribution in [2.75, 3.05) is 0 Å². The van der Waals surface area contributed by atoms with Crippen molar-refractivity contribution in [1.82, 2.24) is 4.72 Å². The molecule has 0 amide bonds. The van der Waals surface area contributed by atoms with Crippen molar-refractivity contribution in [3.8, 4) is 0 Å². The zero-order valence-electron chi connectivity index (χ0n) is 11.7. The van der Waals surface area contributed by atoms with Crippen LogP contribution in [0.25, 0.3) is 0 Å². The summed E-state index contributed by atoms with van der Waals surface area (Å²) in [7, 11) is -4.08. The minimum absolute atomic E-state index is 0.171. The first kappa shape index (κ1) is 17.1. The van der Waals surface area contributed by atoms with Crippen molar-refractivity contribution in [2.24, 2.45) is 5.92 Å². The van der Waals surface area contributed by atoms with E-state index >= 15 is 0 Å². The lowest BCUT2D eigenvalue weighted by atomic mass is 10.1. The van der Waals surface area contributed by atoms with Gasteiger partial charge >= 0.3 is 5.97 Å². The Morgan fingerprint density at radius 3 is 2.33 bits per heavy atom. The highest BCUT2D eigenvalue weighted by molar-refractivity contribution is 7.89. The van der Waals surface area contributed by atoms with Gasteiger partial charge in [-0.2, -0.15) is 4.72 Å². The summed E-state index contributed by atoms with van der Waals surface area (Å²) in [6.07, 6.45) is 0. The predicted molar refractivity (Wildman–Crippen MR) is 74.4 cm³/mol. The predicted octanol–water partition coefficient (Wildman–Crippen LogP) is 1.29. The molecule has 0 bridgehead atoms. The molecule has 1 atom stereocenters. The van der Waals surface area contributed by atoms with Crippen molar-refractivity contribution < 1.29 is 23.2 Å². The van der Waals surface area contributed by atoms with Crippen LogP contribution < -0.4 is 4.72 Å². The van der Waals surface area contributed by atoms with E-state index in [1.165, 1.54) is 6.92 Å². The number of nitrogens with zero attached hydrogens (tertiary/aromatic N) is 1. The highest BCUT2D eigenvalue weighted by atomic mass is 32.2. The summed E-state index contributed by atoms with van der Waals surface area (Å²) in [4.78, 5) is 20.9. The molecule has 0 radical (unpaired) electrons. The normalized spacial score (nSPS) is 13.1. The number of carboxylic acid groups (broad SMARTS) is 1. The molecule has 0 spiro atoms. The molecular formula is C12H16N2O6S. The zero-order valence-corrected chi connectivity index (χ0v) is 12.5. The Bertz CT molecular complexity index is 668. The van der Waals surface area contributed by atoms with Gasteiger partial charge in [0.2, 0.25) is 10.0 Å². The Hall–Kier alpha value is -2.00. The van der Waals surface area contributed by atoms with Crippen molar-refractivity contribution in [2.45, 2.75) is 31.7 Å². The van der Waals surface area contributed by atoms with Crippen LogP contribution in [-0.2, 0) is 14.8 Å². The zero-order chi connectivity index (χ0) is 16.4. The molecule has 1 aromatic rings. The Morgan fingerprint density at radius 2 is 1.95 bits per heavy atom. The molecule has 1 rings (SSSR count). The van der Waals surface area contributed by atoms with Gasteiger partial charge in [-0.15, -0.1) is 0 Å². The molecule has 0 saturated carbocycles. The number of benzene rings is 1. The van der Waals surface area contributed by atoms with E-state index in [9.17, 15) is 23.3 Å². The Kier molecular flexibility index (Phi) is 5.02. The van der Waals surface area contributed by atoms with Gasteiger partial charge < -0.3 is 5.11 Å². The lowest BCUT2D eigenvalue weighted by Crippen LogP contribution is -2.44. The number of non-ortho nitro benzene ring substituents is 1. The van der Waals surface area contributed by atoms with Gasteiger partial charge in [0.25, 0.3) is 5.69 Å². The fourth-order valence-electron chi connectivity index (χ4n) is 1.75. The summed E-state index contributed by atoms with van der Waals surface area (Å²) >= 11 is 0. The SMILES string of the molecule is Cc1cc([N+](=O)[O-])ccc1S(=O)(=O)NC(C(=O)O)C(C)C. The van der Waals surface area contributed by atoms with Gasteiger partial charge in [0.15, 0.2) is 0 Å². The van der Waals surface area contributed by atoms with E-state index < -0.39 is 32.9 Å². The summed E-state index contributed by atoms with van der Waals surface area (Å²) < 4.78 is 26.5. The topological polar surface area (TPSA) is 127 Å². The van der Waals surface area contributed by atoms with Crippen molar-refractivity contribution in [3.63, 3.8) is 0 Å². The Morgan fingerprint density at radius 1 is 1.38 bits per heavy atom.